The molecule has 0 radical (unpaired) electrons. The number of aliphatic imine (C=N–C) groups is 1. The number of fused-ring (bicyclic) bond motifs is 1. The fraction of sp³-hybridized carbons (Fsp3) is 0.160. The maximum absolute atomic E-state index is 13.5. The van der Waals surface area contributed by atoms with Gasteiger partial charge in [0.25, 0.3) is 11.6 Å². The van der Waals surface area contributed by atoms with Crippen molar-refractivity contribution in [3.63, 3.8) is 0 Å². The molecule has 0 aliphatic carbocycles. The molecule has 3 aromatic carbocycles. The molecule has 1 unspecified atom stereocenters. The lowest BCUT2D eigenvalue weighted by Gasteiger charge is -2.25. The summed E-state index contributed by atoms with van der Waals surface area (Å²) in [6.45, 7) is 0. The number of likely N-dealkylation sites (N-methyl/N-ethyl adjacent to an activating group) is 1. The van der Waals surface area contributed by atoms with Crippen LogP contribution in [0.1, 0.15) is 16.7 Å². The van der Waals surface area contributed by atoms with Crippen LogP contribution in [0.25, 0.3) is 0 Å². The van der Waals surface area contributed by atoms with Crippen molar-refractivity contribution >= 4 is 69.2 Å². The van der Waals surface area contributed by atoms with Gasteiger partial charge in [0.05, 0.1) is 21.9 Å². The van der Waals surface area contributed by atoms with E-state index in [4.69, 9.17) is 35.4 Å². The lowest BCUT2D eigenvalue weighted by molar-refractivity contribution is -0.384. The monoisotopic (exact) mass is 595 g/mol. The first kappa shape index (κ1) is 28.3. The highest BCUT2D eigenvalue weighted by atomic mass is 35.5. The molecule has 1 aliphatic rings. The SMILES string of the molecule is CN1C(=O)C(NC(=S)N(C)c2ccc(C(F)(F)F)cc2[N+](=O)[O-])N=C(c2ccccc2Cl)c2cc(Cl)ccc21. The third kappa shape index (κ3) is 5.68. The zero-order chi connectivity index (χ0) is 28.6. The van der Waals surface area contributed by atoms with Gasteiger partial charge in [-0.15, -0.1) is 0 Å². The maximum atomic E-state index is 13.5. The summed E-state index contributed by atoms with van der Waals surface area (Å²) in [7, 11) is 2.85. The predicted molar refractivity (Wildman–Crippen MR) is 148 cm³/mol. The molecule has 0 aromatic heterocycles. The van der Waals surface area contributed by atoms with E-state index in [-0.39, 0.29) is 10.8 Å². The maximum Gasteiger partial charge on any atom is 0.416 e. The largest absolute Gasteiger partial charge is 0.416 e. The molecule has 1 amide bonds. The summed E-state index contributed by atoms with van der Waals surface area (Å²) in [6.07, 6.45) is -6.10. The van der Waals surface area contributed by atoms with Gasteiger partial charge >= 0.3 is 6.18 Å². The third-order valence-electron chi connectivity index (χ3n) is 5.95. The van der Waals surface area contributed by atoms with E-state index in [0.717, 1.165) is 11.0 Å². The Morgan fingerprint density at radius 3 is 2.46 bits per heavy atom. The molecule has 4 rings (SSSR count). The average Bonchev–Trinajstić information content (AvgIpc) is 2.98. The van der Waals surface area contributed by atoms with Crippen molar-refractivity contribution in [2.24, 2.45) is 4.99 Å². The fourth-order valence-corrected chi connectivity index (χ4v) is 4.57. The van der Waals surface area contributed by atoms with Crippen LogP contribution in [0.2, 0.25) is 10.0 Å². The van der Waals surface area contributed by atoms with E-state index in [0.29, 0.717) is 44.7 Å². The van der Waals surface area contributed by atoms with Crippen molar-refractivity contribution in [1.29, 1.82) is 0 Å². The highest BCUT2D eigenvalue weighted by molar-refractivity contribution is 7.80. The molecule has 1 heterocycles. The first-order chi connectivity index (χ1) is 18.3. The first-order valence-corrected chi connectivity index (χ1v) is 12.3. The number of halogens is 5. The molecule has 0 spiro atoms. The van der Waals surface area contributed by atoms with Crippen LogP contribution in [0.3, 0.4) is 0 Å². The second-order valence-electron chi connectivity index (χ2n) is 8.39. The van der Waals surface area contributed by atoms with E-state index in [9.17, 15) is 28.1 Å². The van der Waals surface area contributed by atoms with E-state index >= 15 is 0 Å². The summed E-state index contributed by atoms with van der Waals surface area (Å²) in [4.78, 5) is 31.2. The number of rotatable bonds is 4. The lowest BCUT2D eigenvalue weighted by Crippen LogP contribution is -2.49. The summed E-state index contributed by atoms with van der Waals surface area (Å²) in [6, 6.07) is 13.8. The molecule has 1 N–H and O–H groups in total. The second kappa shape index (κ2) is 10.8. The average molecular weight is 596 g/mol. The minimum atomic E-state index is -4.78. The van der Waals surface area contributed by atoms with Gasteiger partial charge in [0.15, 0.2) is 5.11 Å². The molecular weight excluding hydrogens is 578 g/mol. The molecule has 202 valence electrons. The Morgan fingerprint density at radius 1 is 1.13 bits per heavy atom. The number of benzodiazepines with no additional fused rings is 1. The normalized spacial score (nSPS) is 15.3. The summed E-state index contributed by atoms with van der Waals surface area (Å²) in [5.74, 6) is -0.529. The number of alkyl halides is 3. The van der Waals surface area contributed by atoms with E-state index in [1.54, 1.807) is 42.5 Å². The fourth-order valence-electron chi connectivity index (χ4n) is 3.96. The van der Waals surface area contributed by atoms with Gasteiger partial charge in [0.2, 0.25) is 6.17 Å². The van der Waals surface area contributed by atoms with E-state index in [2.05, 4.69) is 10.3 Å². The van der Waals surface area contributed by atoms with Crippen LogP contribution < -0.4 is 15.1 Å². The molecule has 0 saturated heterocycles. The van der Waals surface area contributed by atoms with Gasteiger partial charge < -0.3 is 15.1 Å². The Balaban J connectivity index is 1.76. The van der Waals surface area contributed by atoms with Crippen LogP contribution in [-0.2, 0) is 11.0 Å². The van der Waals surface area contributed by atoms with Gasteiger partial charge in [-0.1, -0.05) is 41.4 Å². The molecule has 39 heavy (non-hydrogen) atoms. The quantitative estimate of drug-likeness (QED) is 0.223. The molecule has 8 nitrogen and oxygen atoms in total. The van der Waals surface area contributed by atoms with Crippen LogP contribution in [0.5, 0.6) is 0 Å². The van der Waals surface area contributed by atoms with Gasteiger partial charge in [-0.3, -0.25) is 14.9 Å². The van der Waals surface area contributed by atoms with E-state index in [1.807, 2.05) is 0 Å². The number of thiocarbonyl (C=S) groups is 1. The van der Waals surface area contributed by atoms with Crippen LogP contribution in [0.4, 0.5) is 30.2 Å². The van der Waals surface area contributed by atoms with Gasteiger partial charge in [0, 0.05) is 41.3 Å². The Labute approximate surface area is 235 Å². The van der Waals surface area contributed by atoms with Crippen molar-refractivity contribution in [3.8, 4) is 0 Å². The molecule has 0 bridgehead atoms. The topological polar surface area (TPSA) is 91.1 Å². The zero-order valence-electron chi connectivity index (χ0n) is 20.2. The molecule has 0 saturated carbocycles. The minimum absolute atomic E-state index is 0.198. The number of hydrogen-bond acceptors (Lipinski definition) is 5. The van der Waals surface area contributed by atoms with Crippen LogP contribution in [0.15, 0.2) is 65.7 Å². The summed E-state index contributed by atoms with van der Waals surface area (Å²) in [5, 5.41) is 14.9. The Hall–Kier alpha value is -3.74. The van der Waals surface area contributed by atoms with Crippen molar-refractivity contribution in [2.75, 3.05) is 23.9 Å². The highest BCUT2D eigenvalue weighted by Gasteiger charge is 2.35. The molecule has 1 aliphatic heterocycles. The molecule has 3 aromatic rings. The van der Waals surface area contributed by atoms with Gasteiger partial charge in [-0.2, -0.15) is 13.2 Å². The number of nitrogens with one attached hydrogen (secondary N) is 1. The predicted octanol–water partition coefficient (Wildman–Crippen LogP) is 6.07. The van der Waals surface area contributed by atoms with E-state index in [1.165, 1.54) is 19.0 Å². The number of anilines is 2. The van der Waals surface area contributed by atoms with Gasteiger partial charge in [-0.05, 0) is 48.6 Å². The highest BCUT2D eigenvalue weighted by Crippen LogP contribution is 2.36. The Kier molecular flexibility index (Phi) is 7.82. The van der Waals surface area contributed by atoms with Crippen molar-refractivity contribution < 1.29 is 22.9 Å². The molecule has 1 atom stereocenters. The number of benzene rings is 3. The summed E-state index contributed by atoms with van der Waals surface area (Å²) < 4.78 is 39.4. The first-order valence-electron chi connectivity index (χ1n) is 11.1. The number of nitro groups is 1. The molecule has 0 fully saturated rings. The lowest BCUT2D eigenvalue weighted by atomic mass is 10.00. The van der Waals surface area contributed by atoms with Crippen molar-refractivity contribution in [3.05, 3.63) is 97.5 Å². The number of nitrogens with zero attached hydrogens (tertiary/aromatic N) is 4. The summed E-state index contributed by atoms with van der Waals surface area (Å²) in [5.41, 5.74) is -0.363. The number of carbonyl (C=O) groups excluding carboxylic acids is 1. The van der Waals surface area contributed by atoms with Crippen LogP contribution in [-0.4, -0.2) is 41.9 Å². The summed E-state index contributed by atoms with van der Waals surface area (Å²) >= 11 is 18.1. The van der Waals surface area contributed by atoms with Crippen molar-refractivity contribution in [1.82, 2.24) is 5.32 Å². The van der Waals surface area contributed by atoms with Gasteiger partial charge in [0.1, 0.15) is 5.69 Å². The standard InChI is InChI=1S/C25H18Cl2F3N5O3S/c1-33-18-10-8-14(26)12-16(18)21(15-5-3-4-6-17(15)27)31-22(23(33)36)32-24(39)34(2)19-9-7-13(25(28,29)30)11-20(19)35(37)38/h3-12,22H,1-2H3,(H,32,39). The van der Waals surface area contributed by atoms with Crippen LogP contribution in [0, 0.1) is 10.1 Å². The number of amides is 1. The number of carbonyl (C=O) groups is 1. The zero-order valence-corrected chi connectivity index (χ0v) is 22.5. The smallest absolute Gasteiger partial charge is 0.333 e. The van der Waals surface area contributed by atoms with Crippen molar-refractivity contribution in [2.45, 2.75) is 12.3 Å². The second-order valence-corrected chi connectivity index (χ2v) is 9.62. The third-order valence-corrected chi connectivity index (χ3v) is 6.91. The van der Waals surface area contributed by atoms with E-state index < -0.39 is 34.4 Å². The van der Waals surface area contributed by atoms with Crippen LogP contribution >= 0.6 is 35.4 Å². The molecule has 14 heteroatoms. The number of nitro benzene ring substituents is 1. The minimum Gasteiger partial charge on any atom is -0.333 e. The molecular formula is C25H18Cl2F3N5O3S. The number of hydrogen-bond donors (Lipinski definition) is 1. The Morgan fingerprint density at radius 2 is 1.82 bits per heavy atom. The Bertz CT molecular complexity index is 1530. The van der Waals surface area contributed by atoms with Gasteiger partial charge in [-0.25, -0.2) is 4.99 Å².